The van der Waals surface area contributed by atoms with E-state index in [1.54, 1.807) is 6.92 Å². The van der Waals surface area contributed by atoms with Crippen LogP contribution in [0.1, 0.15) is 26.2 Å². The molecule has 1 rings (SSSR count). The second-order valence-corrected chi connectivity index (χ2v) is 7.13. The van der Waals surface area contributed by atoms with Gasteiger partial charge in [0, 0.05) is 13.0 Å². The van der Waals surface area contributed by atoms with Gasteiger partial charge in [0.2, 0.25) is 0 Å². The zero-order valence-electron chi connectivity index (χ0n) is 9.65. The monoisotopic (exact) mass is 252 g/mol. The van der Waals surface area contributed by atoms with Crippen molar-refractivity contribution in [2.24, 2.45) is 5.92 Å². The van der Waals surface area contributed by atoms with Gasteiger partial charge in [-0.25, -0.2) is 0 Å². The number of rotatable bonds is 4. The third-order valence-corrected chi connectivity index (χ3v) is 5.74. The van der Waals surface area contributed by atoms with Gasteiger partial charge in [0.05, 0.1) is 0 Å². The number of allylic oxidation sites excluding steroid dienone is 1. The minimum atomic E-state index is -4.09. The van der Waals surface area contributed by atoms with Crippen molar-refractivity contribution in [3.63, 3.8) is 0 Å². The van der Waals surface area contributed by atoms with Crippen LogP contribution < -0.4 is 0 Å². The molecule has 2 unspecified atom stereocenters. The molecule has 1 nitrogen and oxygen atoms in total. The molecular weight excluding hydrogens is 233 g/mol. The van der Waals surface area contributed by atoms with Crippen LogP contribution in [0.15, 0.2) is 12.2 Å². The van der Waals surface area contributed by atoms with Gasteiger partial charge in [-0.1, -0.05) is 25.5 Å². The summed E-state index contributed by atoms with van der Waals surface area (Å²) in [7, 11) is -1.27. The Kier molecular flexibility index (Phi) is 5.05. The Morgan fingerprint density at radius 3 is 2.62 bits per heavy atom. The highest BCUT2D eigenvalue weighted by molar-refractivity contribution is 6.52. The van der Waals surface area contributed by atoms with E-state index in [-0.39, 0.29) is 0 Å². The lowest BCUT2D eigenvalue weighted by molar-refractivity contribution is -0.140. The Bertz CT molecular complexity index is 234. The summed E-state index contributed by atoms with van der Waals surface area (Å²) in [5, 5.41) is 0. The number of halogens is 3. The van der Waals surface area contributed by atoms with Gasteiger partial charge in [-0.3, -0.25) is 0 Å². The van der Waals surface area contributed by atoms with E-state index in [1.807, 2.05) is 0 Å². The third-order valence-electron chi connectivity index (χ3n) is 3.00. The molecule has 0 N–H and O–H groups in total. The summed E-state index contributed by atoms with van der Waals surface area (Å²) in [4.78, 5) is 0. The molecule has 94 valence electrons. The number of alkyl halides is 3. The van der Waals surface area contributed by atoms with E-state index < -0.39 is 27.6 Å². The second kappa shape index (κ2) is 5.86. The smallest absolute Gasteiger partial charge is 0.389 e. The molecule has 1 heterocycles. The summed E-state index contributed by atoms with van der Waals surface area (Å²) in [5.74, 6) is -0.474. The third kappa shape index (κ3) is 5.16. The van der Waals surface area contributed by atoms with Crippen LogP contribution in [0, 0.1) is 5.92 Å². The van der Waals surface area contributed by atoms with Crippen LogP contribution in [0.4, 0.5) is 13.2 Å². The molecule has 0 radical (unpaired) electrons. The maximum Gasteiger partial charge on any atom is 0.389 e. The molecule has 0 spiro atoms. The lowest BCUT2D eigenvalue weighted by Gasteiger charge is -2.24. The second-order valence-electron chi connectivity index (χ2n) is 4.57. The fraction of sp³-hybridized carbons (Fsp3) is 0.818. The summed E-state index contributed by atoms with van der Waals surface area (Å²) in [6.45, 7) is 6.18. The van der Waals surface area contributed by atoms with Crippen molar-refractivity contribution < 1.29 is 17.6 Å². The summed E-state index contributed by atoms with van der Waals surface area (Å²) >= 11 is 0. The number of hydrogen-bond acceptors (Lipinski definition) is 1. The molecule has 1 aliphatic rings. The first-order valence-corrected chi connectivity index (χ1v) is 7.85. The highest BCUT2D eigenvalue weighted by Gasteiger charge is 2.31. The Balaban J connectivity index is 2.33. The van der Waals surface area contributed by atoms with Crippen LogP contribution in [0.3, 0.4) is 0 Å². The summed E-state index contributed by atoms with van der Waals surface area (Å²) in [6, 6.07) is 1.79. The van der Waals surface area contributed by atoms with E-state index >= 15 is 0 Å². The van der Waals surface area contributed by atoms with Gasteiger partial charge in [0.25, 0.3) is 0 Å². The Morgan fingerprint density at radius 1 is 1.44 bits per heavy atom. The molecule has 0 amide bonds. The summed E-state index contributed by atoms with van der Waals surface area (Å²) in [6.07, 6.45) is -2.59. The largest absolute Gasteiger partial charge is 0.420 e. The highest BCUT2D eigenvalue weighted by Crippen LogP contribution is 2.30. The SMILES string of the molecule is C=C(C[SiH]1CCCCO1)C(C)CC(F)(F)F. The van der Waals surface area contributed by atoms with Crippen molar-refractivity contribution in [3.8, 4) is 0 Å². The number of hydrogen-bond donors (Lipinski definition) is 0. The first kappa shape index (κ1) is 13.8. The van der Waals surface area contributed by atoms with Crippen molar-refractivity contribution >= 4 is 9.04 Å². The van der Waals surface area contributed by atoms with Gasteiger partial charge >= 0.3 is 6.18 Å². The minimum Gasteiger partial charge on any atom is -0.420 e. The zero-order chi connectivity index (χ0) is 12.2. The van der Waals surface area contributed by atoms with Crippen molar-refractivity contribution in [2.45, 2.75) is 44.5 Å². The predicted octanol–water partition coefficient (Wildman–Crippen LogP) is 3.67. The fourth-order valence-corrected chi connectivity index (χ4v) is 4.67. The van der Waals surface area contributed by atoms with Crippen molar-refractivity contribution in [1.82, 2.24) is 0 Å². The van der Waals surface area contributed by atoms with E-state index in [1.165, 1.54) is 0 Å². The predicted molar refractivity (Wildman–Crippen MR) is 60.9 cm³/mol. The topological polar surface area (TPSA) is 9.23 Å². The maximum absolute atomic E-state index is 12.2. The minimum absolute atomic E-state index is 0.474. The molecule has 0 aliphatic carbocycles. The van der Waals surface area contributed by atoms with E-state index in [4.69, 9.17) is 4.43 Å². The van der Waals surface area contributed by atoms with Crippen LogP contribution in [0.2, 0.25) is 12.1 Å². The first-order valence-electron chi connectivity index (χ1n) is 5.74. The molecule has 16 heavy (non-hydrogen) atoms. The molecule has 5 heteroatoms. The molecule has 1 fully saturated rings. The summed E-state index contributed by atoms with van der Waals surface area (Å²) < 4.78 is 42.2. The maximum atomic E-state index is 12.2. The van der Waals surface area contributed by atoms with Gasteiger partial charge in [0.1, 0.15) is 0 Å². The molecule has 2 atom stereocenters. The van der Waals surface area contributed by atoms with E-state index in [2.05, 4.69) is 6.58 Å². The quantitative estimate of drug-likeness (QED) is 0.548. The Hall–Kier alpha value is -0.293. The normalized spacial score (nSPS) is 24.1. The highest BCUT2D eigenvalue weighted by atomic mass is 28.3. The van der Waals surface area contributed by atoms with Gasteiger partial charge in [-0.05, 0) is 24.4 Å². The van der Waals surface area contributed by atoms with Crippen molar-refractivity contribution in [3.05, 3.63) is 12.2 Å². The lowest BCUT2D eigenvalue weighted by Crippen LogP contribution is -2.25. The average Bonchev–Trinajstić information content (AvgIpc) is 2.16. The summed E-state index contributed by atoms with van der Waals surface area (Å²) in [5.41, 5.74) is 0.718. The Morgan fingerprint density at radius 2 is 2.12 bits per heavy atom. The van der Waals surface area contributed by atoms with Crippen LogP contribution in [0.25, 0.3) is 0 Å². The Labute approximate surface area is 96.4 Å². The van der Waals surface area contributed by atoms with E-state index in [9.17, 15) is 13.2 Å². The van der Waals surface area contributed by atoms with Crippen molar-refractivity contribution in [1.29, 1.82) is 0 Å². The van der Waals surface area contributed by atoms with Crippen LogP contribution in [0.5, 0.6) is 0 Å². The van der Waals surface area contributed by atoms with Crippen molar-refractivity contribution in [2.75, 3.05) is 6.61 Å². The molecular formula is C11H19F3OSi. The van der Waals surface area contributed by atoms with E-state index in [0.29, 0.717) is 6.04 Å². The molecule has 0 bridgehead atoms. The van der Waals surface area contributed by atoms with E-state index in [0.717, 1.165) is 31.1 Å². The molecule has 0 aromatic heterocycles. The van der Waals surface area contributed by atoms with Crippen LogP contribution in [-0.4, -0.2) is 21.8 Å². The van der Waals surface area contributed by atoms with Gasteiger partial charge < -0.3 is 4.43 Å². The molecule has 0 saturated carbocycles. The van der Waals surface area contributed by atoms with Crippen LogP contribution in [-0.2, 0) is 4.43 Å². The zero-order valence-corrected chi connectivity index (χ0v) is 10.8. The van der Waals surface area contributed by atoms with Gasteiger partial charge in [0.15, 0.2) is 9.04 Å². The molecule has 1 aliphatic heterocycles. The fourth-order valence-electron chi connectivity index (χ4n) is 1.95. The van der Waals surface area contributed by atoms with Crippen LogP contribution >= 0.6 is 0 Å². The molecule has 0 aromatic rings. The lowest BCUT2D eigenvalue weighted by atomic mass is 10.0. The molecule has 1 saturated heterocycles. The molecule has 0 aromatic carbocycles. The first-order chi connectivity index (χ1) is 7.38. The average molecular weight is 252 g/mol. The van der Waals surface area contributed by atoms with Gasteiger partial charge in [-0.2, -0.15) is 13.2 Å². The standard InChI is InChI=1S/C11H19F3OSi/c1-9(7-11(12,13)14)10(2)8-16-6-4-3-5-15-16/h9,16H,2-8H2,1H3. The van der Waals surface area contributed by atoms with Gasteiger partial charge in [-0.15, -0.1) is 0 Å².